The molecule has 0 bridgehead atoms. The van der Waals surface area contributed by atoms with Crippen molar-refractivity contribution in [1.82, 2.24) is 20.1 Å². The zero-order valence-electron chi connectivity index (χ0n) is 14.1. The first-order valence-electron chi connectivity index (χ1n) is 8.68. The van der Waals surface area contributed by atoms with Crippen LogP contribution in [0.5, 0.6) is 0 Å². The number of para-hydroxylation sites is 1. The van der Waals surface area contributed by atoms with Crippen molar-refractivity contribution in [3.63, 3.8) is 0 Å². The van der Waals surface area contributed by atoms with Crippen LogP contribution in [0.4, 0.5) is 13.2 Å². The lowest BCUT2D eigenvalue weighted by Crippen LogP contribution is -2.22. The van der Waals surface area contributed by atoms with E-state index >= 15 is 0 Å². The molecule has 0 saturated carbocycles. The van der Waals surface area contributed by atoms with Crippen LogP contribution in [0, 0.1) is 0 Å². The lowest BCUT2D eigenvalue weighted by molar-refractivity contribution is -0.157. The van der Waals surface area contributed by atoms with E-state index in [1.807, 2.05) is 12.1 Å². The van der Waals surface area contributed by atoms with Gasteiger partial charge in [-0.1, -0.05) is 18.2 Å². The summed E-state index contributed by atoms with van der Waals surface area (Å²) in [4.78, 5) is 5.66. The highest BCUT2D eigenvalue weighted by Gasteiger charge is 2.38. The van der Waals surface area contributed by atoms with Crippen molar-refractivity contribution in [2.45, 2.75) is 31.4 Å². The van der Waals surface area contributed by atoms with E-state index in [4.69, 9.17) is 0 Å². The third-order valence-electron chi connectivity index (χ3n) is 4.91. The molecule has 138 valence electrons. The number of nitrogens with zero attached hydrogens (tertiary/aromatic N) is 3. The Hall–Kier alpha value is -2.35. The maximum absolute atomic E-state index is 12.5. The van der Waals surface area contributed by atoms with Crippen LogP contribution in [-0.2, 0) is 12.6 Å². The average molecular weight is 364 g/mol. The Morgan fingerprint density at radius 3 is 2.88 bits per heavy atom. The van der Waals surface area contributed by atoms with Gasteiger partial charge in [-0.25, -0.2) is 0 Å². The van der Waals surface area contributed by atoms with E-state index in [-0.39, 0.29) is 5.89 Å². The summed E-state index contributed by atoms with van der Waals surface area (Å²) >= 11 is 0. The third-order valence-corrected chi connectivity index (χ3v) is 4.91. The van der Waals surface area contributed by atoms with E-state index in [0.717, 1.165) is 31.6 Å². The van der Waals surface area contributed by atoms with Gasteiger partial charge in [-0.2, -0.15) is 13.2 Å². The smallest absolute Gasteiger partial charge is 0.417 e. The zero-order chi connectivity index (χ0) is 18.1. The molecule has 0 radical (unpaired) electrons. The molecule has 26 heavy (non-hydrogen) atoms. The summed E-state index contributed by atoms with van der Waals surface area (Å²) in [7, 11) is 0. The summed E-state index contributed by atoms with van der Waals surface area (Å²) in [5, 5.41) is 7.80. The Labute approximate surface area is 148 Å². The molecule has 0 spiro atoms. The molecule has 2 aromatic heterocycles. The van der Waals surface area contributed by atoms with Crippen LogP contribution in [0.2, 0.25) is 0 Å². The highest BCUT2D eigenvalue weighted by Crippen LogP contribution is 2.32. The molecule has 8 heteroatoms. The van der Waals surface area contributed by atoms with Crippen molar-refractivity contribution in [1.29, 1.82) is 0 Å². The molecule has 1 saturated heterocycles. The minimum Gasteiger partial charge on any atom is -0.417 e. The Kier molecular flexibility index (Phi) is 4.44. The SMILES string of the molecule is FC(F)(F)c1nnc(CCCN2CCC(c3c[nH]c4ccccc34)C2)o1. The highest BCUT2D eigenvalue weighted by molar-refractivity contribution is 5.83. The molecule has 1 fully saturated rings. The number of fused-ring (bicyclic) bond motifs is 1. The van der Waals surface area contributed by atoms with Gasteiger partial charge in [0.05, 0.1) is 0 Å². The number of H-pyrrole nitrogens is 1. The summed E-state index contributed by atoms with van der Waals surface area (Å²) < 4.78 is 42.0. The predicted molar refractivity (Wildman–Crippen MR) is 89.7 cm³/mol. The van der Waals surface area contributed by atoms with Crippen molar-refractivity contribution >= 4 is 10.9 Å². The molecule has 1 aliphatic heterocycles. The van der Waals surface area contributed by atoms with Crippen LogP contribution in [0.25, 0.3) is 10.9 Å². The minimum absolute atomic E-state index is 0.0460. The maximum atomic E-state index is 12.5. The number of alkyl halides is 3. The topological polar surface area (TPSA) is 58.0 Å². The number of hydrogen-bond acceptors (Lipinski definition) is 4. The summed E-state index contributed by atoms with van der Waals surface area (Å²) in [6.45, 7) is 2.75. The molecular formula is C18H19F3N4O. The number of nitrogens with one attached hydrogen (secondary N) is 1. The van der Waals surface area contributed by atoms with E-state index < -0.39 is 12.1 Å². The van der Waals surface area contributed by atoms with E-state index in [1.54, 1.807) is 0 Å². The van der Waals surface area contributed by atoms with E-state index in [2.05, 4.69) is 42.8 Å². The molecule has 0 aliphatic carbocycles. The van der Waals surface area contributed by atoms with E-state index in [0.29, 0.717) is 18.8 Å². The first-order valence-corrected chi connectivity index (χ1v) is 8.68. The number of likely N-dealkylation sites (tertiary alicyclic amines) is 1. The number of aryl methyl sites for hydroxylation is 1. The average Bonchev–Trinajstić information content (AvgIpc) is 3.33. The number of halogens is 3. The molecule has 1 unspecified atom stereocenters. The molecular weight excluding hydrogens is 345 g/mol. The highest BCUT2D eigenvalue weighted by atomic mass is 19.4. The van der Waals surface area contributed by atoms with Gasteiger partial charge in [-0.15, -0.1) is 10.2 Å². The quantitative estimate of drug-likeness (QED) is 0.744. The summed E-state index contributed by atoms with van der Waals surface area (Å²) in [6, 6.07) is 8.28. The lowest BCUT2D eigenvalue weighted by atomic mass is 9.98. The van der Waals surface area contributed by atoms with Gasteiger partial charge in [-0.05, 0) is 43.5 Å². The molecule has 1 atom stereocenters. The van der Waals surface area contributed by atoms with Crippen LogP contribution >= 0.6 is 0 Å². The standard InChI is InChI=1S/C18H19F3N4O/c19-18(20,21)17-24-23-16(26-17)6-3-8-25-9-7-12(11-25)14-10-22-15-5-2-1-4-13(14)15/h1-2,4-5,10,12,22H,3,6-9,11H2. The number of benzene rings is 1. The second kappa shape index (κ2) is 6.75. The first kappa shape index (κ1) is 17.1. The monoisotopic (exact) mass is 364 g/mol. The van der Waals surface area contributed by atoms with Gasteiger partial charge < -0.3 is 14.3 Å². The maximum Gasteiger partial charge on any atom is 0.470 e. The summed E-state index contributed by atoms with van der Waals surface area (Å²) in [6.07, 6.45) is -0.346. The minimum atomic E-state index is -4.58. The van der Waals surface area contributed by atoms with E-state index in [9.17, 15) is 13.2 Å². The second-order valence-corrected chi connectivity index (χ2v) is 6.68. The first-order chi connectivity index (χ1) is 12.5. The Morgan fingerprint density at radius 1 is 1.23 bits per heavy atom. The van der Waals surface area contributed by atoms with Gasteiger partial charge in [0.2, 0.25) is 5.89 Å². The van der Waals surface area contributed by atoms with Gasteiger partial charge in [0, 0.05) is 30.1 Å². The fourth-order valence-electron chi connectivity index (χ4n) is 3.64. The van der Waals surface area contributed by atoms with Crippen molar-refractivity contribution in [2.24, 2.45) is 0 Å². The lowest BCUT2D eigenvalue weighted by Gasteiger charge is -2.15. The van der Waals surface area contributed by atoms with Gasteiger partial charge in [0.15, 0.2) is 0 Å². The van der Waals surface area contributed by atoms with Crippen LogP contribution in [-0.4, -0.2) is 39.7 Å². The van der Waals surface area contributed by atoms with Crippen LogP contribution in [0.15, 0.2) is 34.9 Å². The second-order valence-electron chi connectivity index (χ2n) is 6.68. The van der Waals surface area contributed by atoms with Gasteiger partial charge in [-0.3, -0.25) is 0 Å². The fraction of sp³-hybridized carbons (Fsp3) is 0.444. The molecule has 1 N–H and O–H groups in total. The molecule has 0 amide bonds. The summed E-state index contributed by atoms with van der Waals surface area (Å²) in [5.41, 5.74) is 2.49. The van der Waals surface area contributed by atoms with Gasteiger partial charge >= 0.3 is 12.1 Å². The largest absolute Gasteiger partial charge is 0.470 e. The molecule has 3 aromatic rings. The third kappa shape index (κ3) is 3.46. The van der Waals surface area contributed by atoms with Gasteiger partial charge in [0.25, 0.3) is 0 Å². The fourth-order valence-corrected chi connectivity index (χ4v) is 3.64. The summed E-state index contributed by atoms with van der Waals surface area (Å²) in [5.74, 6) is -0.746. The Balaban J connectivity index is 1.30. The van der Waals surface area contributed by atoms with Gasteiger partial charge in [0.1, 0.15) is 0 Å². The van der Waals surface area contributed by atoms with Crippen LogP contribution in [0.1, 0.15) is 36.1 Å². The molecule has 3 heterocycles. The Bertz CT molecular complexity index is 886. The zero-order valence-corrected chi connectivity index (χ0v) is 14.1. The Morgan fingerprint density at radius 2 is 2.08 bits per heavy atom. The van der Waals surface area contributed by atoms with Crippen LogP contribution in [0.3, 0.4) is 0 Å². The number of aromatic nitrogens is 3. The van der Waals surface area contributed by atoms with Crippen molar-refractivity contribution in [3.8, 4) is 0 Å². The van der Waals surface area contributed by atoms with Crippen molar-refractivity contribution < 1.29 is 17.6 Å². The van der Waals surface area contributed by atoms with Crippen LogP contribution < -0.4 is 0 Å². The van der Waals surface area contributed by atoms with E-state index in [1.165, 1.54) is 10.9 Å². The molecule has 1 aromatic carbocycles. The molecule has 1 aliphatic rings. The normalized spacial score (nSPS) is 18.8. The predicted octanol–water partition coefficient (Wildman–Crippen LogP) is 3.99. The molecule has 4 rings (SSSR count). The van der Waals surface area contributed by atoms with Crippen molar-refractivity contribution in [3.05, 3.63) is 47.8 Å². The number of rotatable bonds is 5. The molecule has 5 nitrogen and oxygen atoms in total. The number of hydrogen-bond donors (Lipinski definition) is 1. The van der Waals surface area contributed by atoms with Crippen molar-refractivity contribution in [2.75, 3.05) is 19.6 Å². The number of aromatic amines is 1.